The first-order chi connectivity index (χ1) is 5.02. The predicted molar refractivity (Wildman–Crippen MR) is 54.5 cm³/mol. The molecule has 0 saturated carbocycles. The molecule has 0 aliphatic carbocycles. The van der Waals surface area contributed by atoms with Gasteiger partial charge >= 0.3 is 0 Å². The maximum atomic E-state index is 5.27. The van der Waals surface area contributed by atoms with Gasteiger partial charge in [0.25, 0.3) is 0 Å². The molecular formula is C9H19NS. The summed E-state index contributed by atoms with van der Waals surface area (Å²) in [6.07, 6.45) is 2.80. The van der Waals surface area contributed by atoms with Crippen LogP contribution in [-0.4, -0.2) is 5.25 Å². The van der Waals surface area contributed by atoms with Crippen molar-refractivity contribution in [2.24, 2.45) is 11.1 Å². The molecule has 11 heavy (non-hydrogen) atoms. The molecule has 66 valence electrons. The first-order valence-corrected chi connectivity index (χ1v) is 4.98. The molecule has 2 N–H and O–H groups in total. The normalized spacial score (nSPS) is 15.6. The summed E-state index contributed by atoms with van der Waals surface area (Å²) in [7, 11) is 0. The second-order valence-electron chi connectivity index (χ2n) is 3.73. The van der Waals surface area contributed by atoms with Crippen LogP contribution in [0.3, 0.4) is 0 Å². The highest BCUT2D eigenvalue weighted by molar-refractivity contribution is 8.02. The van der Waals surface area contributed by atoms with Gasteiger partial charge < -0.3 is 5.73 Å². The van der Waals surface area contributed by atoms with E-state index in [4.69, 9.17) is 5.73 Å². The average Bonchev–Trinajstić information content (AvgIpc) is 1.87. The van der Waals surface area contributed by atoms with E-state index in [1.165, 1.54) is 6.42 Å². The van der Waals surface area contributed by atoms with Crippen molar-refractivity contribution < 1.29 is 0 Å². The maximum Gasteiger partial charge on any atom is 0.0135 e. The van der Waals surface area contributed by atoms with Gasteiger partial charge in [-0.25, -0.2) is 0 Å². The minimum absolute atomic E-state index is 0.374. The summed E-state index contributed by atoms with van der Waals surface area (Å²) in [5.41, 5.74) is 5.65. The predicted octanol–water partition coefficient (Wildman–Crippen LogP) is 2.97. The quantitative estimate of drug-likeness (QED) is 0.710. The summed E-state index contributed by atoms with van der Waals surface area (Å²) in [5.74, 6) is 0. The van der Waals surface area contributed by atoms with E-state index in [0.29, 0.717) is 10.7 Å². The SMILES string of the molecule is CCC(S/C=C\N)C(C)(C)C. The fourth-order valence-corrected chi connectivity index (χ4v) is 1.93. The smallest absolute Gasteiger partial charge is 0.0135 e. The summed E-state index contributed by atoms with van der Waals surface area (Å²) >= 11 is 1.82. The number of hydrogen-bond acceptors (Lipinski definition) is 2. The van der Waals surface area contributed by atoms with Crippen molar-refractivity contribution in [2.75, 3.05) is 0 Å². The largest absolute Gasteiger partial charge is 0.404 e. The van der Waals surface area contributed by atoms with E-state index in [0.717, 1.165) is 0 Å². The van der Waals surface area contributed by atoms with E-state index >= 15 is 0 Å². The van der Waals surface area contributed by atoms with Crippen LogP contribution in [-0.2, 0) is 0 Å². The van der Waals surface area contributed by atoms with Crippen LogP contribution in [0.1, 0.15) is 34.1 Å². The molecule has 0 aromatic carbocycles. The van der Waals surface area contributed by atoms with Gasteiger partial charge in [0.05, 0.1) is 0 Å². The monoisotopic (exact) mass is 173 g/mol. The average molecular weight is 173 g/mol. The molecule has 0 spiro atoms. The molecule has 1 nitrogen and oxygen atoms in total. The van der Waals surface area contributed by atoms with Crippen molar-refractivity contribution in [1.82, 2.24) is 0 Å². The molecule has 0 aliphatic heterocycles. The molecule has 0 amide bonds. The Kier molecular flexibility index (Phi) is 4.66. The van der Waals surface area contributed by atoms with E-state index in [-0.39, 0.29) is 0 Å². The molecule has 0 aliphatic rings. The molecule has 1 atom stereocenters. The standard InChI is InChI=1S/C9H19NS/c1-5-8(9(2,3)4)11-7-6-10/h6-8H,5,10H2,1-4H3/b7-6-. The highest BCUT2D eigenvalue weighted by Gasteiger charge is 2.21. The number of thioether (sulfide) groups is 1. The van der Waals surface area contributed by atoms with Gasteiger partial charge in [-0.3, -0.25) is 0 Å². The number of nitrogens with two attached hydrogens (primary N) is 1. The summed E-state index contributed by atoms with van der Waals surface area (Å²) in [4.78, 5) is 0. The summed E-state index contributed by atoms with van der Waals surface area (Å²) in [6.45, 7) is 9.00. The lowest BCUT2D eigenvalue weighted by Crippen LogP contribution is -2.21. The molecule has 0 radical (unpaired) electrons. The first-order valence-electron chi connectivity index (χ1n) is 4.04. The zero-order chi connectivity index (χ0) is 8.91. The van der Waals surface area contributed by atoms with Crippen LogP contribution in [0.4, 0.5) is 0 Å². The molecule has 0 saturated heterocycles. The maximum absolute atomic E-state index is 5.27. The molecule has 0 fully saturated rings. The molecule has 0 bridgehead atoms. The van der Waals surface area contributed by atoms with Crippen molar-refractivity contribution in [3.8, 4) is 0 Å². The van der Waals surface area contributed by atoms with Gasteiger partial charge in [-0.1, -0.05) is 27.7 Å². The van der Waals surface area contributed by atoms with E-state index in [1.807, 2.05) is 17.2 Å². The van der Waals surface area contributed by atoms with Crippen molar-refractivity contribution in [3.63, 3.8) is 0 Å². The topological polar surface area (TPSA) is 26.0 Å². The van der Waals surface area contributed by atoms with E-state index < -0.39 is 0 Å². The number of hydrogen-bond donors (Lipinski definition) is 1. The van der Waals surface area contributed by atoms with E-state index in [1.54, 1.807) is 6.20 Å². The lowest BCUT2D eigenvalue weighted by Gasteiger charge is -2.27. The summed E-state index contributed by atoms with van der Waals surface area (Å²) in [5, 5.41) is 2.64. The van der Waals surface area contributed by atoms with Crippen LogP contribution in [0.25, 0.3) is 0 Å². The third-order valence-corrected chi connectivity index (χ3v) is 3.34. The number of rotatable bonds is 3. The Morgan fingerprint density at radius 2 is 2.00 bits per heavy atom. The van der Waals surface area contributed by atoms with Crippen LogP contribution >= 0.6 is 11.8 Å². The molecule has 0 aromatic heterocycles. The van der Waals surface area contributed by atoms with Crippen LogP contribution in [0, 0.1) is 5.41 Å². The van der Waals surface area contributed by atoms with Crippen molar-refractivity contribution in [2.45, 2.75) is 39.4 Å². The fraction of sp³-hybridized carbons (Fsp3) is 0.778. The van der Waals surface area contributed by atoms with Crippen LogP contribution in [0.2, 0.25) is 0 Å². The third kappa shape index (κ3) is 4.35. The molecular weight excluding hydrogens is 154 g/mol. The summed E-state index contributed by atoms with van der Waals surface area (Å²) < 4.78 is 0. The Labute approximate surface area is 74.4 Å². The third-order valence-electron chi connectivity index (χ3n) is 1.66. The molecule has 0 aromatic rings. The van der Waals surface area contributed by atoms with E-state index in [9.17, 15) is 0 Å². The van der Waals surface area contributed by atoms with Crippen molar-refractivity contribution in [3.05, 3.63) is 11.6 Å². The first kappa shape index (κ1) is 10.9. The van der Waals surface area contributed by atoms with Gasteiger partial charge in [0.1, 0.15) is 0 Å². The van der Waals surface area contributed by atoms with Crippen molar-refractivity contribution in [1.29, 1.82) is 0 Å². The van der Waals surface area contributed by atoms with Gasteiger partial charge in [0.15, 0.2) is 0 Å². The molecule has 2 heteroatoms. The van der Waals surface area contributed by atoms with Crippen LogP contribution in [0.15, 0.2) is 11.6 Å². The second-order valence-corrected chi connectivity index (χ2v) is 4.84. The Balaban J connectivity index is 3.96. The van der Waals surface area contributed by atoms with Crippen molar-refractivity contribution >= 4 is 11.8 Å². The second kappa shape index (κ2) is 4.70. The Morgan fingerprint density at radius 1 is 1.45 bits per heavy atom. The van der Waals surface area contributed by atoms with Gasteiger partial charge in [-0.2, -0.15) is 0 Å². The highest BCUT2D eigenvalue weighted by Crippen LogP contribution is 2.32. The minimum atomic E-state index is 0.374. The highest BCUT2D eigenvalue weighted by atomic mass is 32.2. The van der Waals surface area contributed by atoms with Gasteiger partial charge in [0.2, 0.25) is 0 Å². The lowest BCUT2D eigenvalue weighted by molar-refractivity contribution is 0.388. The molecule has 1 unspecified atom stereocenters. The van der Waals surface area contributed by atoms with Gasteiger partial charge in [-0.05, 0) is 17.2 Å². The zero-order valence-electron chi connectivity index (χ0n) is 7.92. The van der Waals surface area contributed by atoms with Gasteiger partial charge in [-0.15, -0.1) is 11.8 Å². The Bertz CT molecular complexity index is 124. The minimum Gasteiger partial charge on any atom is -0.404 e. The molecule has 0 heterocycles. The fourth-order valence-electron chi connectivity index (χ4n) is 1.05. The van der Waals surface area contributed by atoms with E-state index in [2.05, 4.69) is 27.7 Å². The Morgan fingerprint density at radius 3 is 2.27 bits per heavy atom. The van der Waals surface area contributed by atoms with Gasteiger partial charge in [0, 0.05) is 11.4 Å². The van der Waals surface area contributed by atoms with Crippen LogP contribution < -0.4 is 5.73 Å². The zero-order valence-corrected chi connectivity index (χ0v) is 8.74. The Hall–Kier alpha value is -0.110. The molecule has 0 rings (SSSR count). The van der Waals surface area contributed by atoms with Crippen LogP contribution in [0.5, 0.6) is 0 Å². The summed E-state index contributed by atoms with van der Waals surface area (Å²) in [6, 6.07) is 0. The lowest BCUT2D eigenvalue weighted by atomic mass is 9.90.